The van der Waals surface area contributed by atoms with Crippen molar-refractivity contribution in [3.63, 3.8) is 0 Å². The van der Waals surface area contributed by atoms with Crippen LogP contribution >= 0.6 is 0 Å². The minimum Gasteiger partial charge on any atom is -0.478 e. The van der Waals surface area contributed by atoms with Crippen molar-refractivity contribution in [2.24, 2.45) is 5.10 Å². The van der Waals surface area contributed by atoms with Gasteiger partial charge in [0.25, 0.3) is 5.91 Å². The van der Waals surface area contributed by atoms with Crippen LogP contribution in [0, 0.1) is 6.92 Å². The summed E-state index contributed by atoms with van der Waals surface area (Å²) in [5.74, 6) is -1.31. The molecule has 0 spiro atoms. The van der Waals surface area contributed by atoms with Gasteiger partial charge in [0.2, 0.25) is 0 Å². The number of aryl methyl sites for hydroxylation is 1. The minimum atomic E-state index is -1.04. The molecule has 0 radical (unpaired) electrons. The van der Waals surface area contributed by atoms with Crippen LogP contribution < -0.4 is 5.01 Å². The van der Waals surface area contributed by atoms with Gasteiger partial charge in [-0.1, -0.05) is 35.9 Å². The predicted molar refractivity (Wildman–Crippen MR) is 93.2 cm³/mol. The molecule has 5 nitrogen and oxygen atoms in total. The summed E-state index contributed by atoms with van der Waals surface area (Å²) in [6.07, 6.45) is 1.79. The van der Waals surface area contributed by atoms with Crippen LogP contribution in [-0.4, -0.2) is 22.7 Å². The highest BCUT2D eigenvalue weighted by Gasteiger charge is 2.29. The summed E-state index contributed by atoms with van der Waals surface area (Å²) in [7, 11) is 0. The van der Waals surface area contributed by atoms with E-state index in [1.54, 1.807) is 25.1 Å². The van der Waals surface area contributed by atoms with Gasteiger partial charge in [-0.05, 0) is 43.7 Å². The highest BCUT2D eigenvalue weighted by molar-refractivity contribution is 6.32. The van der Waals surface area contributed by atoms with Gasteiger partial charge >= 0.3 is 5.97 Å². The summed E-state index contributed by atoms with van der Waals surface area (Å²) < 4.78 is 0. The molecule has 5 heteroatoms. The Labute approximate surface area is 139 Å². The first kappa shape index (κ1) is 15.7. The zero-order chi connectivity index (χ0) is 17.3. The Balaban J connectivity index is 1.94. The lowest BCUT2D eigenvalue weighted by molar-refractivity contribution is -0.114. The Bertz CT molecular complexity index is 880. The summed E-state index contributed by atoms with van der Waals surface area (Å²) in [5, 5.41) is 14.6. The number of amides is 1. The number of nitrogens with zero attached hydrogens (tertiary/aromatic N) is 2. The molecule has 1 aliphatic rings. The first-order valence-corrected chi connectivity index (χ1v) is 7.47. The van der Waals surface area contributed by atoms with E-state index in [2.05, 4.69) is 5.10 Å². The second-order valence-electron chi connectivity index (χ2n) is 5.63. The molecule has 0 aromatic heterocycles. The van der Waals surface area contributed by atoms with Crippen molar-refractivity contribution in [3.05, 3.63) is 70.8 Å². The van der Waals surface area contributed by atoms with Crippen molar-refractivity contribution >= 4 is 29.4 Å². The number of rotatable bonds is 3. The molecule has 1 heterocycles. The van der Waals surface area contributed by atoms with Crippen LogP contribution in [0.2, 0.25) is 0 Å². The van der Waals surface area contributed by atoms with Gasteiger partial charge in [-0.25, -0.2) is 4.79 Å². The number of anilines is 1. The molecule has 2 aromatic carbocycles. The Morgan fingerprint density at radius 3 is 2.50 bits per heavy atom. The quantitative estimate of drug-likeness (QED) is 0.880. The van der Waals surface area contributed by atoms with Crippen LogP contribution in [0.1, 0.15) is 28.4 Å². The third kappa shape index (κ3) is 2.96. The highest BCUT2D eigenvalue weighted by atomic mass is 16.4. The van der Waals surface area contributed by atoms with Gasteiger partial charge in [-0.3, -0.25) is 4.79 Å². The topological polar surface area (TPSA) is 70.0 Å². The van der Waals surface area contributed by atoms with Crippen LogP contribution in [-0.2, 0) is 4.79 Å². The fourth-order valence-corrected chi connectivity index (χ4v) is 2.46. The molecular formula is C19H16N2O3. The minimum absolute atomic E-state index is 0.115. The number of benzene rings is 2. The first-order chi connectivity index (χ1) is 11.5. The number of carbonyl (C=O) groups excluding carboxylic acids is 1. The van der Waals surface area contributed by atoms with Crippen molar-refractivity contribution in [1.82, 2.24) is 0 Å². The smallest absolute Gasteiger partial charge is 0.335 e. The molecule has 3 rings (SSSR count). The molecule has 1 N–H and O–H groups in total. The Kier molecular flexibility index (Phi) is 4.00. The second kappa shape index (κ2) is 6.12. The Morgan fingerprint density at radius 2 is 1.83 bits per heavy atom. The van der Waals surface area contributed by atoms with E-state index in [0.717, 1.165) is 11.1 Å². The van der Waals surface area contributed by atoms with Gasteiger partial charge in [0.15, 0.2) is 0 Å². The molecule has 0 saturated carbocycles. The third-order valence-electron chi connectivity index (χ3n) is 3.79. The Morgan fingerprint density at radius 1 is 1.12 bits per heavy atom. The van der Waals surface area contributed by atoms with E-state index in [9.17, 15) is 9.59 Å². The van der Waals surface area contributed by atoms with Crippen LogP contribution in [0.5, 0.6) is 0 Å². The lowest BCUT2D eigenvalue weighted by Crippen LogP contribution is -2.21. The van der Waals surface area contributed by atoms with Crippen molar-refractivity contribution in [3.8, 4) is 0 Å². The maximum absolute atomic E-state index is 12.7. The molecule has 1 amide bonds. The molecule has 0 bridgehead atoms. The van der Waals surface area contributed by atoms with E-state index in [4.69, 9.17) is 5.11 Å². The lowest BCUT2D eigenvalue weighted by atomic mass is 10.1. The van der Waals surface area contributed by atoms with Crippen LogP contribution in [0.3, 0.4) is 0 Å². The monoisotopic (exact) mass is 320 g/mol. The Hall–Kier alpha value is -3.21. The molecule has 0 unspecified atom stereocenters. The van der Waals surface area contributed by atoms with Crippen LogP contribution in [0.4, 0.5) is 5.69 Å². The molecule has 2 aromatic rings. The number of carboxylic acids is 1. The van der Waals surface area contributed by atoms with Gasteiger partial charge in [-0.15, -0.1) is 0 Å². The van der Waals surface area contributed by atoms with Crippen molar-refractivity contribution < 1.29 is 14.7 Å². The third-order valence-corrected chi connectivity index (χ3v) is 3.79. The number of hydrazone groups is 1. The average Bonchev–Trinajstić information content (AvgIpc) is 2.85. The van der Waals surface area contributed by atoms with E-state index in [1.165, 1.54) is 17.1 Å². The number of hydrogen-bond acceptors (Lipinski definition) is 3. The molecule has 0 aliphatic carbocycles. The largest absolute Gasteiger partial charge is 0.478 e. The zero-order valence-corrected chi connectivity index (χ0v) is 13.4. The molecule has 0 fully saturated rings. The normalized spacial score (nSPS) is 15.8. The summed E-state index contributed by atoms with van der Waals surface area (Å²) in [6.45, 7) is 3.76. The van der Waals surface area contributed by atoms with E-state index in [-0.39, 0.29) is 11.5 Å². The molecule has 24 heavy (non-hydrogen) atoms. The fourth-order valence-electron chi connectivity index (χ4n) is 2.46. The molecule has 0 saturated heterocycles. The van der Waals surface area contributed by atoms with Crippen LogP contribution in [0.25, 0.3) is 6.08 Å². The summed E-state index contributed by atoms with van der Waals surface area (Å²) in [5.41, 5.74) is 3.71. The SMILES string of the molecule is CC1=NN(c2cccc(C(=O)O)c2)C(=O)/C1=C/c1ccc(C)cc1. The standard InChI is InChI=1S/C19H16N2O3/c1-12-6-8-14(9-7-12)10-17-13(2)20-21(18(17)22)16-5-3-4-15(11-16)19(23)24/h3-11H,1-2H3,(H,23,24)/b17-10+. The second-order valence-corrected chi connectivity index (χ2v) is 5.63. The molecular weight excluding hydrogens is 304 g/mol. The van der Waals surface area contributed by atoms with Gasteiger partial charge in [-0.2, -0.15) is 10.1 Å². The number of aromatic carboxylic acids is 1. The molecule has 0 atom stereocenters. The van der Waals surface area contributed by atoms with Gasteiger partial charge in [0.05, 0.1) is 22.5 Å². The van der Waals surface area contributed by atoms with Crippen molar-refractivity contribution in [2.75, 3.05) is 5.01 Å². The van der Waals surface area contributed by atoms with Crippen molar-refractivity contribution in [2.45, 2.75) is 13.8 Å². The maximum Gasteiger partial charge on any atom is 0.335 e. The molecule has 120 valence electrons. The first-order valence-electron chi connectivity index (χ1n) is 7.47. The number of carboxylic acid groups (broad SMARTS) is 1. The van der Waals surface area contributed by atoms with E-state index in [1.807, 2.05) is 31.2 Å². The highest BCUT2D eigenvalue weighted by Crippen LogP contribution is 2.25. The molecule has 1 aliphatic heterocycles. The fraction of sp³-hybridized carbons (Fsp3) is 0.105. The van der Waals surface area contributed by atoms with Gasteiger partial charge in [0, 0.05) is 0 Å². The van der Waals surface area contributed by atoms with Gasteiger partial charge < -0.3 is 5.11 Å². The number of carbonyl (C=O) groups is 2. The van der Waals surface area contributed by atoms with E-state index in [0.29, 0.717) is 17.0 Å². The predicted octanol–water partition coefficient (Wildman–Crippen LogP) is 3.50. The van der Waals surface area contributed by atoms with Gasteiger partial charge in [0.1, 0.15) is 0 Å². The number of hydrogen-bond donors (Lipinski definition) is 1. The summed E-state index contributed by atoms with van der Waals surface area (Å²) in [4.78, 5) is 23.8. The van der Waals surface area contributed by atoms with E-state index >= 15 is 0 Å². The van der Waals surface area contributed by atoms with Crippen molar-refractivity contribution in [1.29, 1.82) is 0 Å². The zero-order valence-electron chi connectivity index (χ0n) is 13.4. The summed E-state index contributed by atoms with van der Waals surface area (Å²) >= 11 is 0. The average molecular weight is 320 g/mol. The van der Waals surface area contributed by atoms with E-state index < -0.39 is 5.97 Å². The summed E-state index contributed by atoms with van der Waals surface area (Å²) in [6, 6.07) is 14.0. The van der Waals surface area contributed by atoms with Crippen LogP contribution in [0.15, 0.2) is 59.2 Å². The lowest BCUT2D eigenvalue weighted by Gasteiger charge is -2.12. The maximum atomic E-state index is 12.7.